The van der Waals surface area contributed by atoms with Crippen molar-refractivity contribution in [3.63, 3.8) is 0 Å². The summed E-state index contributed by atoms with van der Waals surface area (Å²) in [7, 11) is 0. The Morgan fingerprint density at radius 3 is 2.48 bits per heavy atom. The van der Waals surface area contributed by atoms with Crippen LogP contribution in [0.2, 0.25) is 0 Å². The largest absolute Gasteiger partial charge is 0.478 e. The van der Waals surface area contributed by atoms with Crippen LogP contribution in [0.5, 0.6) is 0 Å². The molecule has 0 fully saturated rings. The number of carbonyl (C=O) groups is 2. The Kier molecular flexibility index (Phi) is 7.84. The number of terminal acetylenes is 1. The maximum Gasteiger partial charge on any atom is 0.335 e. The van der Waals surface area contributed by atoms with Crippen LogP contribution in [-0.4, -0.2) is 41.7 Å². The van der Waals surface area contributed by atoms with Crippen molar-refractivity contribution in [3.8, 4) is 12.3 Å². The highest BCUT2D eigenvalue weighted by atomic mass is 32.2. The zero-order chi connectivity index (χ0) is 15.5. The third kappa shape index (κ3) is 7.28. The number of hydrogen-bond acceptors (Lipinski definition) is 3. The van der Waals surface area contributed by atoms with Crippen molar-refractivity contribution in [2.24, 2.45) is 0 Å². The molecule has 0 bridgehead atoms. The number of carboxylic acid groups (broad SMARTS) is 1. The molecule has 0 spiro atoms. The highest BCUT2D eigenvalue weighted by Crippen LogP contribution is 2.04. The Hall–Kier alpha value is -2.13. The van der Waals surface area contributed by atoms with Gasteiger partial charge in [-0.1, -0.05) is 18.1 Å². The minimum absolute atomic E-state index is 0.210. The van der Waals surface area contributed by atoms with Gasteiger partial charge >= 0.3 is 12.0 Å². The molecule has 2 amide bonds. The van der Waals surface area contributed by atoms with Gasteiger partial charge in [-0.15, -0.1) is 18.2 Å². The number of nitrogens with one attached hydrogen (secondary N) is 2. The van der Waals surface area contributed by atoms with Gasteiger partial charge in [-0.3, -0.25) is 0 Å². The van der Waals surface area contributed by atoms with Crippen molar-refractivity contribution < 1.29 is 14.7 Å². The lowest BCUT2D eigenvalue weighted by Gasteiger charge is -2.07. The van der Waals surface area contributed by atoms with Gasteiger partial charge in [-0.05, 0) is 24.1 Å². The number of benzene rings is 1. The molecule has 0 aromatic heterocycles. The summed E-state index contributed by atoms with van der Waals surface area (Å²) in [5, 5.41) is 14.3. The summed E-state index contributed by atoms with van der Waals surface area (Å²) in [6.07, 6.45) is 5.77. The Morgan fingerprint density at radius 1 is 1.19 bits per heavy atom. The van der Waals surface area contributed by atoms with Gasteiger partial charge in [0, 0.05) is 18.8 Å². The first-order chi connectivity index (χ1) is 10.1. The molecule has 1 aromatic rings. The quantitative estimate of drug-likeness (QED) is 0.503. The SMILES string of the molecule is C#CCSCCNC(=O)NCCc1ccc(C(=O)O)cc1. The topological polar surface area (TPSA) is 78.4 Å². The van der Waals surface area contributed by atoms with Crippen LogP contribution in [0.4, 0.5) is 4.79 Å². The highest BCUT2D eigenvalue weighted by molar-refractivity contribution is 7.99. The maximum atomic E-state index is 11.5. The molecule has 0 aliphatic carbocycles. The number of urea groups is 1. The lowest BCUT2D eigenvalue weighted by molar-refractivity contribution is 0.0697. The normalized spacial score (nSPS) is 9.67. The van der Waals surface area contributed by atoms with E-state index in [9.17, 15) is 9.59 Å². The second-order valence-electron chi connectivity index (χ2n) is 4.19. The Morgan fingerprint density at radius 2 is 1.86 bits per heavy atom. The Balaban J connectivity index is 2.16. The van der Waals surface area contributed by atoms with Crippen molar-refractivity contribution in [1.82, 2.24) is 10.6 Å². The number of carboxylic acids is 1. The summed E-state index contributed by atoms with van der Waals surface area (Å²) >= 11 is 1.59. The van der Waals surface area contributed by atoms with E-state index in [1.165, 1.54) is 0 Å². The van der Waals surface area contributed by atoms with E-state index in [0.29, 0.717) is 25.3 Å². The number of amides is 2. The average Bonchev–Trinajstić information content (AvgIpc) is 2.47. The summed E-state index contributed by atoms with van der Waals surface area (Å²) < 4.78 is 0. The van der Waals surface area contributed by atoms with Gasteiger partial charge in [0.1, 0.15) is 0 Å². The number of rotatable bonds is 8. The molecule has 5 nitrogen and oxygen atoms in total. The van der Waals surface area contributed by atoms with E-state index in [2.05, 4.69) is 16.6 Å². The standard InChI is InChI=1S/C15H18N2O3S/c1-2-10-21-11-9-17-15(20)16-8-7-12-3-5-13(6-4-12)14(18)19/h1,3-6H,7-11H2,(H,18,19)(H2,16,17,20). The molecule has 0 saturated heterocycles. The van der Waals surface area contributed by atoms with E-state index >= 15 is 0 Å². The van der Waals surface area contributed by atoms with Crippen molar-refractivity contribution >= 4 is 23.8 Å². The molecule has 0 aliphatic rings. The molecular weight excluding hydrogens is 288 g/mol. The predicted molar refractivity (Wildman–Crippen MR) is 84.7 cm³/mol. The number of carbonyl (C=O) groups excluding carboxylic acids is 1. The number of hydrogen-bond donors (Lipinski definition) is 3. The molecule has 1 rings (SSSR count). The van der Waals surface area contributed by atoms with Crippen molar-refractivity contribution in [2.45, 2.75) is 6.42 Å². The lowest BCUT2D eigenvalue weighted by atomic mass is 10.1. The zero-order valence-corrected chi connectivity index (χ0v) is 12.4. The second kappa shape index (κ2) is 9.72. The molecule has 1 aromatic carbocycles. The van der Waals surface area contributed by atoms with Crippen molar-refractivity contribution in [3.05, 3.63) is 35.4 Å². The van der Waals surface area contributed by atoms with Crippen LogP contribution < -0.4 is 10.6 Å². The molecule has 0 aliphatic heterocycles. The van der Waals surface area contributed by atoms with E-state index in [-0.39, 0.29) is 11.6 Å². The number of aromatic carboxylic acids is 1. The Labute approximate surface area is 128 Å². The molecule has 112 valence electrons. The van der Waals surface area contributed by atoms with Crippen LogP contribution >= 0.6 is 11.8 Å². The molecule has 3 N–H and O–H groups in total. The summed E-state index contributed by atoms with van der Waals surface area (Å²) in [4.78, 5) is 22.2. The van der Waals surface area contributed by atoms with E-state index in [4.69, 9.17) is 11.5 Å². The van der Waals surface area contributed by atoms with E-state index in [1.54, 1.807) is 36.0 Å². The first-order valence-corrected chi connectivity index (χ1v) is 7.64. The van der Waals surface area contributed by atoms with Crippen LogP contribution in [0.3, 0.4) is 0 Å². The van der Waals surface area contributed by atoms with Crippen LogP contribution in [0.1, 0.15) is 15.9 Å². The minimum Gasteiger partial charge on any atom is -0.478 e. The average molecular weight is 306 g/mol. The predicted octanol–water partition coefficient (Wildman–Crippen LogP) is 1.59. The van der Waals surface area contributed by atoms with E-state index in [1.807, 2.05) is 0 Å². The highest BCUT2D eigenvalue weighted by Gasteiger charge is 2.02. The summed E-state index contributed by atoms with van der Waals surface area (Å²) in [6, 6.07) is 6.40. The van der Waals surface area contributed by atoms with E-state index in [0.717, 1.165) is 11.3 Å². The summed E-state index contributed by atoms with van der Waals surface area (Å²) in [5.41, 5.74) is 1.23. The third-order valence-corrected chi connectivity index (χ3v) is 3.48. The van der Waals surface area contributed by atoms with Gasteiger partial charge in [0.25, 0.3) is 0 Å². The molecule has 0 heterocycles. The summed E-state index contributed by atoms with van der Waals surface area (Å²) in [6.45, 7) is 1.07. The molecule has 0 unspecified atom stereocenters. The van der Waals surface area contributed by atoms with Gasteiger partial charge in [-0.25, -0.2) is 9.59 Å². The minimum atomic E-state index is -0.943. The van der Waals surface area contributed by atoms with Crippen LogP contribution in [0.25, 0.3) is 0 Å². The van der Waals surface area contributed by atoms with Crippen LogP contribution in [0.15, 0.2) is 24.3 Å². The van der Waals surface area contributed by atoms with E-state index < -0.39 is 5.97 Å². The summed E-state index contributed by atoms with van der Waals surface area (Å²) in [5.74, 6) is 3.01. The fourth-order valence-corrected chi connectivity index (χ4v) is 2.07. The third-order valence-electron chi connectivity index (χ3n) is 2.62. The van der Waals surface area contributed by atoms with Gasteiger partial charge in [0.05, 0.1) is 11.3 Å². The Bertz CT molecular complexity index is 509. The van der Waals surface area contributed by atoms with Gasteiger partial charge in [0.15, 0.2) is 0 Å². The molecule has 0 atom stereocenters. The fourth-order valence-electron chi connectivity index (χ4n) is 1.56. The molecule has 21 heavy (non-hydrogen) atoms. The lowest BCUT2D eigenvalue weighted by Crippen LogP contribution is -2.37. The molecular formula is C15H18N2O3S. The zero-order valence-electron chi connectivity index (χ0n) is 11.6. The van der Waals surface area contributed by atoms with Crippen LogP contribution in [-0.2, 0) is 6.42 Å². The van der Waals surface area contributed by atoms with Gasteiger partial charge < -0.3 is 15.7 Å². The second-order valence-corrected chi connectivity index (χ2v) is 5.30. The number of thioether (sulfide) groups is 1. The van der Waals surface area contributed by atoms with Crippen molar-refractivity contribution in [2.75, 3.05) is 24.6 Å². The monoisotopic (exact) mass is 306 g/mol. The smallest absolute Gasteiger partial charge is 0.335 e. The maximum absolute atomic E-state index is 11.5. The van der Waals surface area contributed by atoms with Crippen molar-refractivity contribution in [1.29, 1.82) is 0 Å². The van der Waals surface area contributed by atoms with Gasteiger partial charge in [-0.2, -0.15) is 0 Å². The first-order valence-electron chi connectivity index (χ1n) is 6.48. The van der Waals surface area contributed by atoms with Crippen LogP contribution in [0, 0.1) is 12.3 Å². The molecule has 0 radical (unpaired) electrons. The van der Waals surface area contributed by atoms with Gasteiger partial charge in [0.2, 0.25) is 0 Å². The molecule has 0 saturated carbocycles. The first kappa shape index (κ1) is 16.9. The molecule has 6 heteroatoms. The fraction of sp³-hybridized carbons (Fsp3) is 0.333.